The van der Waals surface area contributed by atoms with Crippen molar-refractivity contribution in [2.24, 2.45) is 0 Å². The fourth-order valence-corrected chi connectivity index (χ4v) is 4.92. The number of ether oxygens (including phenoxy) is 1. The van der Waals surface area contributed by atoms with Crippen LogP contribution in [-0.4, -0.2) is 64.4 Å². The Kier molecular flexibility index (Phi) is 7.24. The molecule has 10 heteroatoms. The van der Waals surface area contributed by atoms with Gasteiger partial charge < -0.3 is 15.0 Å². The Balaban J connectivity index is 1.51. The second-order valence-corrected chi connectivity index (χ2v) is 9.76. The number of carbonyl (C=O) groups is 2. The maximum atomic E-state index is 12.8. The van der Waals surface area contributed by atoms with Crippen LogP contribution in [0.1, 0.15) is 10.4 Å². The minimum Gasteiger partial charge on any atom is -0.465 e. The molecule has 0 bridgehead atoms. The van der Waals surface area contributed by atoms with Crippen molar-refractivity contribution in [3.63, 3.8) is 0 Å². The van der Waals surface area contributed by atoms with Gasteiger partial charge in [0.2, 0.25) is 10.0 Å². The van der Waals surface area contributed by atoms with Gasteiger partial charge in [0.25, 0.3) is 5.91 Å². The van der Waals surface area contributed by atoms with E-state index in [9.17, 15) is 18.0 Å². The fraction of sp³-hybridized carbons (Fsp3) is 0.300. The zero-order valence-corrected chi connectivity index (χ0v) is 18.8. The second kappa shape index (κ2) is 9.69. The monoisotopic (exact) mass is 496 g/mol. The van der Waals surface area contributed by atoms with Crippen molar-refractivity contribution in [2.75, 3.05) is 45.2 Å². The third kappa shape index (κ3) is 5.45. The highest BCUT2D eigenvalue weighted by Gasteiger charge is 2.31. The molecule has 0 unspecified atom stereocenters. The molecule has 8 nitrogen and oxygen atoms in total. The van der Waals surface area contributed by atoms with Crippen LogP contribution in [0.5, 0.6) is 0 Å². The summed E-state index contributed by atoms with van der Waals surface area (Å²) in [5.41, 5.74) is 0.993. The van der Waals surface area contributed by atoms with E-state index in [1.165, 1.54) is 11.4 Å². The molecular formula is C20H23BrN3O5S+. The van der Waals surface area contributed by atoms with Crippen molar-refractivity contribution in [1.82, 2.24) is 4.31 Å². The van der Waals surface area contributed by atoms with Gasteiger partial charge in [0.15, 0.2) is 6.54 Å². The summed E-state index contributed by atoms with van der Waals surface area (Å²) in [7, 11) is -2.22. The summed E-state index contributed by atoms with van der Waals surface area (Å²) in [6.45, 7) is 2.05. The molecule has 0 radical (unpaired) electrons. The number of anilines is 1. The van der Waals surface area contributed by atoms with Crippen LogP contribution >= 0.6 is 15.9 Å². The number of benzene rings is 2. The van der Waals surface area contributed by atoms with Crippen LogP contribution in [0.2, 0.25) is 0 Å². The molecule has 0 saturated carbocycles. The lowest BCUT2D eigenvalue weighted by atomic mass is 10.2. The molecule has 0 aliphatic carbocycles. The molecule has 0 atom stereocenters. The van der Waals surface area contributed by atoms with E-state index >= 15 is 0 Å². The molecule has 0 spiro atoms. The number of halogens is 1. The Bertz CT molecular complexity index is 1000. The van der Waals surface area contributed by atoms with Gasteiger partial charge in [-0.15, -0.1) is 0 Å². The first kappa shape index (κ1) is 22.4. The van der Waals surface area contributed by atoms with Crippen LogP contribution in [-0.2, 0) is 19.6 Å². The average molecular weight is 497 g/mol. The van der Waals surface area contributed by atoms with Gasteiger partial charge in [-0.05, 0) is 48.5 Å². The number of nitrogens with zero attached hydrogens (tertiary/aromatic N) is 1. The molecule has 2 aromatic carbocycles. The maximum absolute atomic E-state index is 12.8. The minimum atomic E-state index is -3.53. The third-order valence-corrected chi connectivity index (χ3v) is 7.32. The summed E-state index contributed by atoms with van der Waals surface area (Å²) in [5, 5.41) is 2.80. The van der Waals surface area contributed by atoms with Crippen LogP contribution in [0.4, 0.5) is 5.69 Å². The summed E-state index contributed by atoms with van der Waals surface area (Å²) >= 11 is 3.31. The predicted molar refractivity (Wildman–Crippen MR) is 115 cm³/mol. The summed E-state index contributed by atoms with van der Waals surface area (Å²) in [6.07, 6.45) is 0. The predicted octanol–water partition coefficient (Wildman–Crippen LogP) is 0.764. The number of methoxy groups -OCH3 is 1. The number of quaternary nitrogens is 1. The Morgan fingerprint density at radius 1 is 1.07 bits per heavy atom. The molecule has 1 aliphatic heterocycles. The first-order chi connectivity index (χ1) is 14.3. The quantitative estimate of drug-likeness (QED) is 0.575. The molecule has 2 aromatic rings. The lowest BCUT2D eigenvalue weighted by Crippen LogP contribution is -3.15. The number of amides is 1. The zero-order chi connectivity index (χ0) is 21.7. The van der Waals surface area contributed by atoms with E-state index in [-0.39, 0.29) is 17.3 Å². The molecule has 1 aliphatic rings. The Morgan fingerprint density at radius 3 is 2.23 bits per heavy atom. The van der Waals surface area contributed by atoms with Crippen molar-refractivity contribution in [2.45, 2.75) is 4.90 Å². The molecule has 1 fully saturated rings. The first-order valence-corrected chi connectivity index (χ1v) is 11.6. The van der Waals surface area contributed by atoms with Crippen molar-refractivity contribution in [3.8, 4) is 0 Å². The molecule has 1 heterocycles. The number of esters is 1. The van der Waals surface area contributed by atoms with E-state index in [0.717, 1.165) is 9.37 Å². The summed E-state index contributed by atoms with van der Waals surface area (Å²) in [6, 6.07) is 13.0. The Labute approximate surface area is 184 Å². The minimum absolute atomic E-state index is 0.167. The lowest BCUT2D eigenvalue weighted by molar-refractivity contribution is -0.895. The van der Waals surface area contributed by atoms with E-state index in [2.05, 4.69) is 26.0 Å². The molecule has 3 rings (SSSR count). The van der Waals surface area contributed by atoms with E-state index < -0.39 is 16.0 Å². The van der Waals surface area contributed by atoms with Gasteiger partial charge >= 0.3 is 5.97 Å². The van der Waals surface area contributed by atoms with Gasteiger partial charge in [0.1, 0.15) is 0 Å². The Morgan fingerprint density at radius 2 is 1.67 bits per heavy atom. The summed E-state index contributed by atoms with van der Waals surface area (Å²) in [5.74, 6) is -0.603. The van der Waals surface area contributed by atoms with Crippen LogP contribution in [0.3, 0.4) is 0 Å². The highest BCUT2D eigenvalue weighted by Crippen LogP contribution is 2.18. The smallest absolute Gasteiger partial charge is 0.337 e. The number of rotatable bonds is 6. The molecule has 30 heavy (non-hydrogen) atoms. The topological polar surface area (TPSA) is 97.2 Å². The standard InChI is InChI=1S/C20H22BrN3O5S/c1-29-20(26)15-2-6-17(7-3-15)22-19(25)14-23-10-12-24(13-11-23)30(27,28)18-8-4-16(21)5-9-18/h2-9H,10-14H2,1H3,(H,22,25)/p+1. The largest absolute Gasteiger partial charge is 0.465 e. The number of piperazine rings is 1. The third-order valence-electron chi connectivity index (χ3n) is 4.88. The molecule has 160 valence electrons. The van der Waals surface area contributed by atoms with Crippen molar-refractivity contribution < 1.29 is 27.6 Å². The number of hydrogen-bond donors (Lipinski definition) is 2. The Hall–Kier alpha value is -2.27. The highest BCUT2D eigenvalue weighted by molar-refractivity contribution is 9.10. The zero-order valence-electron chi connectivity index (χ0n) is 16.4. The second-order valence-electron chi connectivity index (χ2n) is 6.90. The number of sulfonamides is 1. The summed E-state index contributed by atoms with van der Waals surface area (Å²) < 4.78 is 32.4. The number of carbonyl (C=O) groups excluding carboxylic acids is 2. The molecule has 1 saturated heterocycles. The van der Waals surface area contributed by atoms with Gasteiger partial charge in [-0.25, -0.2) is 13.2 Å². The molecule has 2 N–H and O–H groups in total. The van der Waals surface area contributed by atoms with Gasteiger partial charge in [0.05, 0.1) is 43.7 Å². The number of hydrogen-bond acceptors (Lipinski definition) is 5. The maximum Gasteiger partial charge on any atom is 0.337 e. The molecule has 1 amide bonds. The van der Waals surface area contributed by atoms with Crippen LogP contribution in [0.15, 0.2) is 57.9 Å². The van der Waals surface area contributed by atoms with Gasteiger partial charge in [-0.2, -0.15) is 4.31 Å². The molecule has 0 aromatic heterocycles. The fourth-order valence-electron chi connectivity index (χ4n) is 3.21. The highest BCUT2D eigenvalue weighted by atomic mass is 79.9. The van der Waals surface area contributed by atoms with Crippen LogP contribution in [0.25, 0.3) is 0 Å². The SMILES string of the molecule is COC(=O)c1ccc(NC(=O)C[NH+]2CCN(S(=O)(=O)c3ccc(Br)cc3)CC2)cc1. The van der Waals surface area contributed by atoms with Gasteiger partial charge in [-0.3, -0.25) is 4.79 Å². The van der Waals surface area contributed by atoms with E-state index in [0.29, 0.717) is 37.4 Å². The lowest BCUT2D eigenvalue weighted by Gasteiger charge is -2.31. The normalized spacial score (nSPS) is 15.5. The summed E-state index contributed by atoms with van der Waals surface area (Å²) in [4.78, 5) is 25.1. The van der Waals surface area contributed by atoms with Gasteiger partial charge in [0, 0.05) is 10.2 Å². The van der Waals surface area contributed by atoms with Crippen molar-refractivity contribution >= 4 is 43.5 Å². The average Bonchev–Trinajstić information content (AvgIpc) is 2.74. The van der Waals surface area contributed by atoms with Crippen LogP contribution < -0.4 is 10.2 Å². The molecular weight excluding hydrogens is 474 g/mol. The number of nitrogens with one attached hydrogen (secondary N) is 2. The van der Waals surface area contributed by atoms with Crippen LogP contribution in [0, 0.1) is 0 Å². The van der Waals surface area contributed by atoms with E-state index in [1.54, 1.807) is 48.5 Å². The van der Waals surface area contributed by atoms with E-state index in [4.69, 9.17) is 0 Å². The first-order valence-electron chi connectivity index (χ1n) is 9.37. The van der Waals surface area contributed by atoms with E-state index in [1.807, 2.05) is 0 Å². The van der Waals surface area contributed by atoms with Crippen molar-refractivity contribution in [3.05, 3.63) is 58.6 Å². The van der Waals surface area contributed by atoms with Crippen molar-refractivity contribution in [1.29, 1.82) is 0 Å². The van der Waals surface area contributed by atoms with Gasteiger partial charge in [-0.1, -0.05) is 15.9 Å².